The molecule has 88 valence electrons. The van der Waals surface area contributed by atoms with Crippen LogP contribution in [-0.2, 0) is 9.53 Å². The van der Waals surface area contributed by atoms with Crippen LogP contribution in [0.1, 0.15) is 37.9 Å². The van der Waals surface area contributed by atoms with E-state index >= 15 is 0 Å². The highest BCUT2D eigenvalue weighted by atomic mass is 79.9. The van der Waals surface area contributed by atoms with E-state index in [-0.39, 0.29) is 17.4 Å². The van der Waals surface area contributed by atoms with Gasteiger partial charge in [0.2, 0.25) is 0 Å². The van der Waals surface area contributed by atoms with Crippen molar-refractivity contribution in [2.24, 2.45) is 0 Å². The van der Waals surface area contributed by atoms with Crippen LogP contribution in [0.2, 0.25) is 0 Å². The molecule has 16 heavy (non-hydrogen) atoms. The van der Waals surface area contributed by atoms with Crippen molar-refractivity contribution in [2.75, 3.05) is 5.33 Å². The van der Waals surface area contributed by atoms with Crippen LogP contribution in [0.3, 0.4) is 0 Å². The number of unbranched alkanes of at least 4 members (excludes halogenated alkanes) is 1. The minimum absolute atomic E-state index is 0.105. The van der Waals surface area contributed by atoms with Crippen LogP contribution in [0, 0.1) is 0 Å². The van der Waals surface area contributed by atoms with E-state index < -0.39 is 0 Å². The van der Waals surface area contributed by atoms with Crippen LogP contribution in [-0.4, -0.2) is 11.3 Å². The molecule has 0 spiro atoms. The molecule has 0 fully saturated rings. The zero-order valence-corrected chi connectivity index (χ0v) is 11.1. The van der Waals surface area contributed by atoms with Crippen LogP contribution < -0.4 is 0 Å². The molecule has 0 saturated heterocycles. The summed E-state index contributed by atoms with van der Waals surface area (Å²) in [5.74, 6) is -0.204. The highest BCUT2D eigenvalue weighted by molar-refractivity contribution is 9.09. The maximum absolute atomic E-state index is 11.3. The second-order valence-electron chi connectivity index (χ2n) is 3.67. The molecular weight excluding hydrogens is 268 g/mol. The van der Waals surface area contributed by atoms with Gasteiger partial charge in [-0.3, -0.25) is 4.79 Å². The van der Waals surface area contributed by atoms with E-state index in [2.05, 4.69) is 22.9 Å². The molecule has 1 rings (SSSR count). The summed E-state index contributed by atoms with van der Waals surface area (Å²) >= 11 is 3.11. The molecule has 1 atom stereocenters. The van der Waals surface area contributed by atoms with Gasteiger partial charge in [-0.25, -0.2) is 0 Å². The maximum atomic E-state index is 11.3. The quantitative estimate of drug-likeness (QED) is 0.586. The number of hydrogen-bond acceptors (Lipinski definition) is 2. The van der Waals surface area contributed by atoms with Gasteiger partial charge < -0.3 is 4.74 Å². The lowest BCUT2D eigenvalue weighted by Gasteiger charge is -2.17. The molecule has 0 amide bonds. The number of carbonyl (C=O) groups excluding carboxylic acids is 1. The highest BCUT2D eigenvalue weighted by Crippen LogP contribution is 2.23. The number of esters is 1. The molecule has 3 heteroatoms. The van der Waals surface area contributed by atoms with E-state index in [4.69, 9.17) is 4.74 Å². The lowest BCUT2D eigenvalue weighted by Crippen LogP contribution is -2.12. The molecule has 0 aromatic heterocycles. The Hall–Kier alpha value is -0.830. The van der Waals surface area contributed by atoms with Gasteiger partial charge in [-0.2, -0.15) is 0 Å². The first kappa shape index (κ1) is 13.2. The first-order valence-corrected chi connectivity index (χ1v) is 6.70. The van der Waals surface area contributed by atoms with Crippen LogP contribution in [0.5, 0.6) is 0 Å². The molecule has 0 N–H and O–H groups in total. The minimum Gasteiger partial charge on any atom is -0.457 e. The Kier molecular flexibility index (Phi) is 6.16. The molecule has 0 aliphatic heterocycles. The first-order chi connectivity index (χ1) is 7.77. The van der Waals surface area contributed by atoms with Gasteiger partial charge in [0.15, 0.2) is 0 Å². The molecule has 0 saturated carbocycles. The van der Waals surface area contributed by atoms with Gasteiger partial charge in [-0.05, 0) is 18.4 Å². The summed E-state index contributed by atoms with van der Waals surface area (Å²) in [6, 6.07) is 9.91. The van der Waals surface area contributed by atoms with E-state index in [0.717, 1.165) is 24.8 Å². The van der Waals surface area contributed by atoms with Crippen molar-refractivity contribution in [3.8, 4) is 0 Å². The summed E-state index contributed by atoms with van der Waals surface area (Å²) in [7, 11) is 0. The fraction of sp³-hybridized carbons (Fsp3) is 0.462. The van der Waals surface area contributed by atoms with E-state index in [9.17, 15) is 4.79 Å². The summed E-state index contributed by atoms with van der Waals surface area (Å²) < 4.78 is 5.40. The van der Waals surface area contributed by atoms with Gasteiger partial charge in [-0.15, -0.1) is 0 Å². The summed E-state index contributed by atoms with van der Waals surface area (Å²) in [5, 5.41) is 0.252. The van der Waals surface area contributed by atoms with Gasteiger partial charge in [-0.1, -0.05) is 59.6 Å². The SMILES string of the molecule is CCCCC(OC(=O)CBr)c1ccccc1. The van der Waals surface area contributed by atoms with E-state index in [1.54, 1.807) is 0 Å². The molecule has 1 aromatic rings. The molecule has 0 aliphatic carbocycles. The number of ether oxygens (including phenoxy) is 1. The molecule has 1 aromatic carbocycles. The molecular formula is C13H17BrO2. The topological polar surface area (TPSA) is 26.3 Å². The first-order valence-electron chi connectivity index (χ1n) is 5.58. The van der Waals surface area contributed by atoms with Crippen molar-refractivity contribution in [1.82, 2.24) is 0 Å². The van der Waals surface area contributed by atoms with Crippen molar-refractivity contribution in [3.05, 3.63) is 35.9 Å². The lowest BCUT2D eigenvalue weighted by atomic mass is 10.0. The molecule has 0 heterocycles. The monoisotopic (exact) mass is 284 g/mol. The van der Waals surface area contributed by atoms with E-state index in [1.165, 1.54) is 0 Å². The Labute approximate surface area is 105 Å². The molecule has 1 unspecified atom stereocenters. The number of alkyl halides is 1. The van der Waals surface area contributed by atoms with Crippen molar-refractivity contribution < 1.29 is 9.53 Å². The van der Waals surface area contributed by atoms with Crippen LogP contribution >= 0.6 is 15.9 Å². The van der Waals surface area contributed by atoms with E-state index in [0.29, 0.717) is 0 Å². The smallest absolute Gasteiger partial charge is 0.317 e. The highest BCUT2D eigenvalue weighted by Gasteiger charge is 2.14. The predicted molar refractivity (Wildman–Crippen MR) is 68.6 cm³/mol. The number of rotatable bonds is 6. The Morgan fingerprint density at radius 3 is 2.62 bits per heavy atom. The Balaban J connectivity index is 2.67. The maximum Gasteiger partial charge on any atom is 0.317 e. The van der Waals surface area contributed by atoms with E-state index in [1.807, 2.05) is 30.3 Å². The van der Waals surface area contributed by atoms with Crippen LogP contribution in [0.25, 0.3) is 0 Å². The fourth-order valence-electron chi connectivity index (χ4n) is 1.54. The molecule has 0 radical (unpaired) electrons. The van der Waals surface area contributed by atoms with Gasteiger partial charge >= 0.3 is 5.97 Å². The average molecular weight is 285 g/mol. The standard InChI is InChI=1S/C13H17BrO2/c1-2-3-9-12(16-13(15)10-14)11-7-5-4-6-8-11/h4-8,12H,2-3,9-10H2,1H3. The summed E-state index contributed by atoms with van der Waals surface area (Å²) in [6.45, 7) is 2.13. The Morgan fingerprint density at radius 1 is 1.38 bits per heavy atom. The van der Waals surface area contributed by atoms with Gasteiger partial charge in [0.25, 0.3) is 0 Å². The van der Waals surface area contributed by atoms with Crippen molar-refractivity contribution in [3.63, 3.8) is 0 Å². The lowest BCUT2D eigenvalue weighted by molar-refractivity contribution is -0.146. The molecule has 0 aliphatic rings. The Bertz CT molecular complexity index is 311. The van der Waals surface area contributed by atoms with Gasteiger partial charge in [0.1, 0.15) is 11.4 Å². The third-order valence-electron chi connectivity index (χ3n) is 2.37. The normalized spacial score (nSPS) is 12.1. The summed E-state index contributed by atoms with van der Waals surface area (Å²) in [4.78, 5) is 11.3. The average Bonchev–Trinajstić information content (AvgIpc) is 2.35. The number of hydrogen-bond donors (Lipinski definition) is 0. The number of carbonyl (C=O) groups is 1. The van der Waals surface area contributed by atoms with Crippen LogP contribution in [0.15, 0.2) is 30.3 Å². The second kappa shape index (κ2) is 7.44. The molecule has 2 nitrogen and oxygen atoms in total. The third-order valence-corrected chi connectivity index (χ3v) is 2.83. The Morgan fingerprint density at radius 2 is 2.06 bits per heavy atom. The third kappa shape index (κ3) is 4.35. The number of halogens is 1. The van der Waals surface area contributed by atoms with Crippen molar-refractivity contribution in [1.29, 1.82) is 0 Å². The summed E-state index contributed by atoms with van der Waals surface area (Å²) in [6.07, 6.45) is 2.95. The van der Waals surface area contributed by atoms with Gasteiger partial charge in [0, 0.05) is 0 Å². The zero-order valence-electron chi connectivity index (χ0n) is 9.49. The number of benzene rings is 1. The molecule has 0 bridgehead atoms. The summed E-state index contributed by atoms with van der Waals surface area (Å²) in [5.41, 5.74) is 1.07. The van der Waals surface area contributed by atoms with Crippen molar-refractivity contribution in [2.45, 2.75) is 32.3 Å². The van der Waals surface area contributed by atoms with Crippen molar-refractivity contribution >= 4 is 21.9 Å². The predicted octanol–water partition coefficient (Wildman–Crippen LogP) is 3.86. The minimum atomic E-state index is -0.204. The second-order valence-corrected chi connectivity index (χ2v) is 4.23. The van der Waals surface area contributed by atoms with Gasteiger partial charge in [0.05, 0.1) is 0 Å². The fourth-order valence-corrected chi connectivity index (χ4v) is 1.67. The zero-order chi connectivity index (χ0) is 11.8. The van der Waals surface area contributed by atoms with Crippen LogP contribution in [0.4, 0.5) is 0 Å². The largest absolute Gasteiger partial charge is 0.457 e.